The Bertz CT molecular complexity index is 1070. The molecule has 1 aliphatic rings. The molecule has 1 heterocycles. The van der Waals surface area contributed by atoms with E-state index >= 15 is 0 Å². The van der Waals surface area contributed by atoms with Crippen LogP contribution >= 0.6 is 0 Å². The fourth-order valence-corrected chi connectivity index (χ4v) is 4.09. The molecule has 1 N–H and O–H groups in total. The fourth-order valence-electron chi connectivity index (χ4n) is 3.57. The number of anilines is 1. The van der Waals surface area contributed by atoms with Crippen molar-refractivity contribution in [1.29, 1.82) is 0 Å². The lowest BCUT2D eigenvalue weighted by Crippen LogP contribution is -2.32. The van der Waals surface area contributed by atoms with Gasteiger partial charge in [-0.15, -0.1) is 0 Å². The number of aromatic nitrogens is 2. The van der Waals surface area contributed by atoms with Crippen molar-refractivity contribution in [3.05, 3.63) is 71.9 Å². The molecule has 0 bridgehead atoms. The Kier molecular flexibility index (Phi) is 6.34. The maximum absolute atomic E-state index is 12.8. The predicted octanol–water partition coefficient (Wildman–Crippen LogP) is 4.12. The van der Waals surface area contributed by atoms with Gasteiger partial charge in [0.05, 0.1) is 17.9 Å². The summed E-state index contributed by atoms with van der Waals surface area (Å²) in [6.07, 6.45) is 3.98. The third-order valence-electron chi connectivity index (χ3n) is 5.74. The Morgan fingerprint density at radius 3 is 2.48 bits per heavy atom. The molecule has 4 rings (SSSR count). The van der Waals surface area contributed by atoms with E-state index in [1.165, 1.54) is 0 Å². The normalized spacial score (nSPS) is 15.6. The molecule has 0 aliphatic heterocycles. The van der Waals surface area contributed by atoms with Crippen LogP contribution in [0.4, 0.5) is 5.82 Å². The second-order valence-electron chi connectivity index (χ2n) is 8.14. The Morgan fingerprint density at radius 2 is 1.87 bits per heavy atom. The van der Waals surface area contributed by atoms with E-state index in [9.17, 15) is 9.00 Å². The molecule has 0 saturated heterocycles. The van der Waals surface area contributed by atoms with Gasteiger partial charge in [-0.05, 0) is 56.6 Å². The summed E-state index contributed by atoms with van der Waals surface area (Å²) >= 11 is 0. The van der Waals surface area contributed by atoms with Gasteiger partial charge in [-0.2, -0.15) is 5.10 Å². The Hall–Kier alpha value is -2.77. The predicted molar refractivity (Wildman–Crippen MR) is 124 cm³/mol. The van der Waals surface area contributed by atoms with Crippen molar-refractivity contribution in [3.63, 3.8) is 0 Å². The first-order chi connectivity index (χ1) is 14.9. The molecule has 1 aliphatic carbocycles. The molecule has 1 fully saturated rings. The number of amides is 1. The number of para-hydroxylation sites is 1. The zero-order chi connectivity index (χ0) is 22.0. The quantitative estimate of drug-likeness (QED) is 0.577. The first-order valence-corrected chi connectivity index (χ1v) is 12.1. The standard InChI is InChI=1S/C24H28N4O2S/c1-17(18-11-13-21(14-12-18)31(3)30)27(2)16-24(29)25-23-15-22(19-9-10-19)26-28(23)20-7-5-4-6-8-20/h4-8,11-15,17,19H,9-10,16H2,1-3H3,(H,25,29)/t17-,31-/m1/s1. The summed E-state index contributed by atoms with van der Waals surface area (Å²) in [5, 5.41) is 7.80. The summed E-state index contributed by atoms with van der Waals surface area (Å²) in [6, 6.07) is 19.6. The smallest absolute Gasteiger partial charge is 0.239 e. The summed E-state index contributed by atoms with van der Waals surface area (Å²) in [5.41, 5.74) is 3.05. The highest BCUT2D eigenvalue weighted by atomic mass is 32.2. The lowest BCUT2D eigenvalue weighted by molar-refractivity contribution is -0.117. The molecule has 6 nitrogen and oxygen atoms in total. The fraction of sp³-hybridized carbons (Fsp3) is 0.333. The summed E-state index contributed by atoms with van der Waals surface area (Å²) < 4.78 is 13.4. The van der Waals surface area contributed by atoms with E-state index in [2.05, 4.69) is 12.2 Å². The van der Waals surface area contributed by atoms with Gasteiger partial charge >= 0.3 is 0 Å². The van der Waals surface area contributed by atoms with Crippen LogP contribution in [0.1, 0.15) is 43.0 Å². The Labute approximate surface area is 185 Å². The summed E-state index contributed by atoms with van der Waals surface area (Å²) in [6.45, 7) is 2.31. The molecule has 0 unspecified atom stereocenters. The monoisotopic (exact) mass is 436 g/mol. The maximum atomic E-state index is 12.8. The van der Waals surface area contributed by atoms with Crippen molar-refractivity contribution in [2.45, 2.75) is 36.6 Å². The molecule has 1 saturated carbocycles. The molecule has 0 radical (unpaired) electrons. The van der Waals surface area contributed by atoms with Crippen molar-refractivity contribution < 1.29 is 9.00 Å². The molecular weight excluding hydrogens is 408 g/mol. The van der Waals surface area contributed by atoms with E-state index in [4.69, 9.17) is 5.10 Å². The van der Waals surface area contributed by atoms with Crippen molar-refractivity contribution in [2.24, 2.45) is 0 Å². The number of hydrogen-bond acceptors (Lipinski definition) is 4. The van der Waals surface area contributed by atoms with Gasteiger partial charge in [0.1, 0.15) is 5.82 Å². The highest BCUT2D eigenvalue weighted by Crippen LogP contribution is 2.40. The number of nitrogens with zero attached hydrogens (tertiary/aromatic N) is 3. The van der Waals surface area contributed by atoms with Gasteiger partial charge in [-0.1, -0.05) is 30.3 Å². The van der Waals surface area contributed by atoms with Crippen LogP contribution in [0.3, 0.4) is 0 Å². The zero-order valence-electron chi connectivity index (χ0n) is 18.1. The minimum absolute atomic E-state index is 0.0474. The van der Waals surface area contributed by atoms with Gasteiger partial charge in [0.25, 0.3) is 0 Å². The van der Waals surface area contributed by atoms with Crippen LogP contribution < -0.4 is 5.32 Å². The number of likely N-dealkylation sites (N-methyl/N-ethyl adjacent to an activating group) is 1. The van der Waals surface area contributed by atoms with Crippen LogP contribution in [-0.2, 0) is 15.6 Å². The van der Waals surface area contributed by atoms with Crippen molar-refractivity contribution >= 4 is 22.5 Å². The first-order valence-electron chi connectivity index (χ1n) is 10.5. The Balaban J connectivity index is 1.45. The van der Waals surface area contributed by atoms with Crippen LogP contribution in [0.25, 0.3) is 5.69 Å². The van der Waals surface area contributed by atoms with E-state index in [1.807, 2.05) is 77.3 Å². The van der Waals surface area contributed by atoms with Crippen LogP contribution in [0.5, 0.6) is 0 Å². The average Bonchev–Trinajstić information content (AvgIpc) is 3.54. The SMILES string of the molecule is C[C@H](c1ccc([S@@](C)=O)cc1)N(C)CC(=O)Nc1cc(C2CC2)nn1-c1ccccc1. The highest BCUT2D eigenvalue weighted by Gasteiger charge is 2.28. The lowest BCUT2D eigenvalue weighted by atomic mass is 10.1. The number of hydrogen-bond donors (Lipinski definition) is 1. The molecular formula is C24H28N4O2S. The van der Waals surface area contributed by atoms with E-state index < -0.39 is 10.8 Å². The van der Waals surface area contributed by atoms with Gasteiger partial charge in [-0.3, -0.25) is 13.9 Å². The average molecular weight is 437 g/mol. The largest absolute Gasteiger partial charge is 0.309 e. The molecule has 1 aromatic heterocycles. The van der Waals surface area contributed by atoms with Gasteiger partial charge in [0.15, 0.2) is 0 Å². The van der Waals surface area contributed by atoms with E-state index in [-0.39, 0.29) is 18.5 Å². The third-order valence-corrected chi connectivity index (χ3v) is 6.68. The van der Waals surface area contributed by atoms with Crippen molar-refractivity contribution in [1.82, 2.24) is 14.7 Å². The van der Waals surface area contributed by atoms with Gasteiger partial charge < -0.3 is 5.32 Å². The van der Waals surface area contributed by atoms with Crippen LogP contribution in [0.15, 0.2) is 65.6 Å². The molecule has 2 atom stereocenters. The second kappa shape index (κ2) is 9.16. The second-order valence-corrected chi connectivity index (χ2v) is 9.52. The van der Waals surface area contributed by atoms with E-state index in [0.29, 0.717) is 11.7 Å². The first kappa shape index (κ1) is 21.5. The van der Waals surface area contributed by atoms with E-state index in [0.717, 1.165) is 34.7 Å². The van der Waals surface area contributed by atoms with Gasteiger partial charge in [0.2, 0.25) is 5.91 Å². The molecule has 31 heavy (non-hydrogen) atoms. The zero-order valence-corrected chi connectivity index (χ0v) is 18.9. The topological polar surface area (TPSA) is 67.2 Å². The van der Waals surface area contributed by atoms with Gasteiger partial charge in [-0.25, -0.2) is 4.68 Å². The maximum Gasteiger partial charge on any atom is 0.239 e. The number of rotatable bonds is 8. The molecule has 0 spiro atoms. The van der Waals surface area contributed by atoms with Crippen molar-refractivity contribution in [3.8, 4) is 5.69 Å². The number of benzene rings is 2. The van der Waals surface area contributed by atoms with Crippen LogP contribution in [0, 0.1) is 0 Å². The van der Waals surface area contributed by atoms with Crippen LogP contribution in [0.2, 0.25) is 0 Å². The summed E-state index contributed by atoms with van der Waals surface area (Å²) in [7, 11) is 0.937. The summed E-state index contributed by atoms with van der Waals surface area (Å²) in [5.74, 6) is 1.12. The van der Waals surface area contributed by atoms with E-state index in [1.54, 1.807) is 6.26 Å². The third kappa shape index (κ3) is 5.11. The molecule has 1 amide bonds. The number of carbonyl (C=O) groups excluding carboxylic acids is 1. The molecule has 7 heteroatoms. The highest BCUT2D eigenvalue weighted by molar-refractivity contribution is 7.84. The number of carbonyl (C=O) groups is 1. The molecule has 3 aromatic rings. The summed E-state index contributed by atoms with van der Waals surface area (Å²) in [4.78, 5) is 15.6. The minimum atomic E-state index is -0.994. The molecule has 162 valence electrons. The number of nitrogens with one attached hydrogen (secondary N) is 1. The molecule has 2 aromatic carbocycles. The van der Waals surface area contributed by atoms with Gasteiger partial charge in [0, 0.05) is 40.0 Å². The Morgan fingerprint density at radius 1 is 1.19 bits per heavy atom. The van der Waals surface area contributed by atoms with Crippen LogP contribution in [-0.4, -0.2) is 44.6 Å². The van der Waals surface area contributed by atoms with Crippen molar-refractivity contribution in [2.75, 3.05) is 25.2 Å². The minimum Gasteiger partial charge on any atom is -0.309 e. The lowest BCUT2D eigenvalue weighted by Gasteiger charge is -2.24.